The smallest absolute Gasteiger partial charge is 0.240 e. The molecule has 1 N–H and O–H groups in total. The van der Waals surface area contributed by atoms with E-state index in [4.69, 9.17) is 9.47 Å². The highest BCUT2D eigenvalue weighted by molar-refractivity contribution is 5.83. The Kier molecular flexibility index (Phi) is 7.01. The summed E-state index contributed by atoms with van der Waals surface area (Å²) in [5.41, 5.74) is 4.42. The van der Waals surface area contributed by atoms with E-state index in [9.17, 15) is 4.79 Å². The fraction of sp³-hybridized carbons (Fsp3) is 0.300. The minimum atomic E-state index is -0.0963. The van der Waals surface area contributed by atoms with E-state index in [2.05, 4.69) is 10.5 Å². The van der Waals surface area contributed by atoms with Gasteiger partial charge in [0.2, 0.25) is 5.91 Å². The van der Waals surface area contributed by atoms with E-state index in [1.165, 1.54) is 0 Å². The number of ether oxygens (including phenoxy) is 2. The van der Waals surface area contributed by atoms with E-state index in [0.29, 0.717) is 30.4 Å². The molecule has 0 spiro atoms. The van der Waals surface area contributed by atoms with Crippen LogP contribution in [-0.2, 0) is 11.4 Å². The number of amides is 1. The zero-order valence-electron chi connectivity index (χ0n) is 14.9. The van der Waals surface area contributed by atoms with Crippen molar-refractivity contribution in [3.8, 4) is 11.5 Å². The number of nitrogens with one attached hydrogen (secondary N) is 1. The molecule has 0 fully saturated rings. The molecule has 2 aromatic rings. The molecule has 0 aromatic heterocycles. The van der Waals surface area contributed by atoms with Crippen LogP contribution in [0.4, 0.5) is 0 Å². The molecular formula is C20H24N2O3. The van der Waals surface area contributed by atoms with Gasteiger partial charge in [-0.2, -0.15) is 5.10 Å². The summed E-state index contributed by atoms with van der Waals surface area (Å²) < 4.78 is 11.2. The topological polar surface area (TPSA) is 59.9 Å². The lowest BCUT2D eigenvalue weighted by Gasteiger charge is -2.11. The number of rotatable bonds is 8. The first-order chi connectivity index (χ1) is 12.1. The number of hydrogen-bond acceptors (Lipinski definition) is 4. The maximum Gasteiger partial charge on any atom is 0.240 e. The minimum Gasteiger partial charge on any atom is -0.493 e. The fourth-order valence-electron chi connectivity index (χ4n) is 2.21. The van der Waals surface area contributed by atoms with E-state index < -0.39 is 0 Å². The molecule has 2 aromatic carbocycles. The Hall–Kier alpha value is -2.82. The predicted molar refractivity (Wildman–Crippen MR) is 99.0 cm³/mol. The summed E-state index contributed by atoms with van der Waals surface area (Å²) in [5.74, 6) is 1.48. The van der Waals surface area contributed by atoms with Crippen molar-refractivity contribution in [3.05, 3.63) is 59.7 Å². The SMILES string of the molecule is COc1cc(/C=N/NC(=O)CC(C)C)ccc1OCc1ccccc1. The molecule has 0 unspecified atom stereocenters. The molecule has 0 radical (unpaired) electrons. The Morgan fingerprint density at radius 1 is 1.16 bits per heavy atom. The van der Waals surface area contributed by atoms with Crippen LogP contribution >= 0.6 is 0 Å². The number of methoxy groups -OCH3 is 1. The molecule has 25 heavy (non-hydrogen) atoms. The maximum atomic E-state index is 11.6. The number of carbonyl (C=O) groups excluding carboxylic acids is 1. The molecule has 0 aliphatic carbocycles. The highest BCUT2D eigenvalue weighted by Crippen LogP contribution is 2.28. The molecule has 1 amide bonds. The standard InChI is InChI=1S/C20H24N2O3/c1-15(2)11-20(23)22-21-13-17-9-10-18(19(12-17)24-3)25-14-16-7-5-4-6-8-16/h4-10,12-13,15H,11,14H2,1-3H3,(H,22,23)/b21-13+. The lowest BCUT2D eigenvalue weighted by Crippen LogP contribution is -2.19. The van der Waals surface area contributed by atoms with Crippen LogP contribution in [0.3, 0.4) is 0 Å². The van der Waals surface area contributed by atoms with Gasteiger partial charge in [0.05, 0.1) is 13.3 Å². The molecule has 0 saturated heterocycles. The van der Waals surface area contributed by atoms with Crippen LogP contribution in [0, 0.1) is 5.92 Å². The molecule has 0 atom stereocenters. The maximum absolute atomic E-state index is 11.6. The van der Waals surface area contributed by atoms with Gasteiger partial charge in [0.25, 0.3) is 0 Å². The van der Waals surface area contributed by atoms with Crippen LogP contribution < -0.4 is 14.9 Å². The minimum absolute atomic E-state index is 0.0963. The van der Waals surface area contributed by atoms with Gasteiger partial charge in [0, 0.05) is 6.42 Å². The van der Waals surface area contributed by atoms with E-state index in [-0.39, 0.29) is 5.91 Å². The highest BCUT2D eigenvalue weighted by Gasteiger charge is 2.06. The number of hydrazone groups is 1. The molecule has 0 aliphatic heterocycles. The summed E-state index contributed by atoms with van der Waals surface area (Å²) in [6.45, 7) is 4.44. The summed E-state index contributed by atoms with van der Waals surface area (Å²) in [6, 6.07) is 15.4. The first kappa shape index (κ1) is 18.5. The molecule has 5 nitrogen and oxygen atoms in total. The van der Waals surface area contributed by atoms with Crippen molar-refractivity contribution in [1.82, 2.24) is 5.43 Å². The Balaban J connectivity index is 1.97. The number of nitrogens with zero attached hydrogens (tertiary/aromatic N) is 1. The molecular weight excluding hydrogens is 316 g/mol. The quantitative estimate of drug-likeness (QED) is 0.588. The van der Waals surface area contributed by atoms with Crippen LogP contribution in [-0.4, -0.2) is 19.2 Å². The summed E-state index contributed by atoms with van der Waals surface area (Å²) in [7, 11) is 1.59. The Morgan fingerprint density at radius 3 is 2.60 bits per heavy atom. The average molecular weight is 340 g/mol. The average Bonchev–Trinajstić information content (AvgIpc) is 2.60. The third kappa shape index (κ3) is 6.30. The van der Waals surface area contributed by atoms with Crippen molar-refractivity contribution < 1.29 is 14.3 Å². The molecule has 0 aliphatic rings. The molecule has 5 heteroatoms. The summed E-state index contributed by atoms with van der Waals surface area (Å²) in [6.07, 6.45) is 2.04. The molecule has 0 bridgehead atoms. The lowest BCUT2D eigenvalue weighted by atomic mass is 10.1. The van der Waals surface area contributed by atoms with Crippen molar-refractivity contribution >= 4 is 12.1 Å². The van der Waals surface area contributed by atoms with Gasteiger partial charge >= 0.3 is 0 Å². The Bertz CT molecular complexity index is 712. The zero-order valence-corrected chi connectivity index (χ0v) is 14.9. The highest BCUT2D eigenvalue weighted by atomic mass is 16.5. The van der Waals surface area contributed by atoms with E-state index in [1.807, 2.05) is 62.4 Å². The van der Waals surface area contributed by atoms with E-state index in [1.54, 1.807) is 13.3 Å². The number of hydrogen-bond donors (Lipinski definition) is 1. The second-order valence-electron chi connectivity index (χ2n) is 6.08. The van der Waals surface area contributed by atoms with Crippen molar-refractivity contribution in [3.63, 3.8) is 0 Å². The summed E-state index contributed by atoms with van der Waals surface area (Å²) >= 11 is 0. The second-order valence-corrected chi connectivity index (χ2v) is 6.08. The van der Waals surface area contributed by atoms with Gasteiger partial charge in [-0.1, -0.05) is 44.2 Å². The van der Waals surface area contributed by atoms with Gasteiger partial charge in [-0.05, 0) is 35.2 Å². The Morgan fingerprint density at radius 2 is 1.92 bits per heavy atom. The number of carbonyl (C=O) groups is 1. The van der Waals surface area contributed by atoms with Gasteiger partial charge in [-0.25, -0.2) is 5.43 Å². The van der Waals surface area contributed by atoms with E-state index in [0.717, 1.165) is 11.1 Å². The summed E-state index contributed by atoms with van der Waals surface area (Å²) in [5, 5.41) is 3.97. The molecule has 2 rings (SSSR count). The van der Waals surface area contributed by atoms with Gasteiger partial charge in [0.1, 0.15) is 6.61 Å². The Labute approximate surface area is 148 Å². The van der Waals surface area contributed by atoms with Crippen molar-refractivity contribution in [1.29, 1.82) is 0 Å². The van der Waals surface area contributed by atoms with Crippen LogP contribution in [0.2, 0.25) is 0 Å². The van der Waals surface area contributed by atoms with Gasteiger partial charge in [-0.15, -0.1) is 0 Å². The van der Waals surface area contributed by atoms with Crippen molar-refractivity contribution in [2.24, 2.45) is 11.0 Å². The molecule has 0 heterocycles. The number of benzene rings is 2. The largest absolute Gasteiger partial charge is 0.493 e. The zero-order chi connectivity index (χ0) is 18.1. The second kappa shape index (κ2) is 9.47. The van der Waals surface area contributed by atoms with Crippen LogP contribution in [0.5, 0.6) is 11.5 Å². The fourth-order valence-corrected chi connectivity index (χ4v) is 2.21. The predicted octanol–water partition coefficient (Wildman–Crippen LogP) is 3.77. The van der Waals surface area contributed by atoms with Crippen LogP contribution in [0.15, 0.2) is 53.6 Å². The first-order valence-electron chi connectivity index (χ1n) is 8.25. The van der Waals surface area contributed by atoms with Crippen LogP contribution in [0.25, 0.3) is 0 Å². The summed E-state index contributed by atoms with van der Waals surface area (Å²) in [4.78, 5) is 11.6. The van der Waals surface area contributed by atoms with Gasteiger partial charge < -0.3 is 9.47 Å². The van der Waals surface area contributed by atoms with Gasteiger partial charge in [0.15, 0.2) is 11.5 Å². The van der Waals surface area contributed by atoms with Crippen LogP contribution in [0.1, 0.15) is 31.4 Å². The van der Waals surface area contributed by atoms with Crippen molar-refractivity contribution in [2.45, 2.75) is 26.9 Å². The first-order valence-corrected chi connectivity index (χ1v) is 8.25. The van der Waals surface area contributed by atoms with E-state index >= 15 is 0 Å². The lowest BCUT2D eigenvalue weighted by molar-refractivity contribution is -0.121. The van der Waals surface area contributed by atoms with Gasteiger partial charge in [-0.3, -0.25) is 4.79 Å². The van der Waals surface area contributed by atoms with Crippen molar-refractivity contribution in [2.75, 3.05) is 7.11 Å². The molecule has 132 valence electrons. The monoisotopic (exact) mass is 340 g/mol. The normalized spacial score (nSPS) is 10.9. The third-order valence-corrected chi connectivity index (χ3v) is 3.42. The molecule has 0 saturated carbocycles. The third-order valence-electron chi connectivity index (χ3n) is 3.42.